The van der Waals surface area contributed by atoms with Gasteiger partial charge in [-0.1, -0.05) is 102 Å². The summed E-state index contributed by atoms with van der Waals surface area (Å²) in [6, 6.07) is 22.8. The van der Waals surface area contributed by atoms with Crippen LogP contribution in [0.2, 0.25) is 18.1 Å². The summed E-state index contributed by atoms with van der Waals surface area (Å²) in [6.07, 6.45) is 3.87. The van der Waals surface area contributed by atoms with Crippen LogP contribution in [0.5, 0.6) is 0 Å². The molecule has 0 aromatic heterocycles. The number of hydrogen-bond donors (Lipinski definition) is 0. The van der Waals surface area contributed by atoms with Crippen molar-refractivity contribution in [2.24, 2.45) is 0 Å². The Labute approximate surface area is 161 Å². The molecule has 1 heterocycles. The molecule has 1 aliphatic rings. The molecule has 2 atom stereocenters. The van der Waals surface area contributed by atoms with Gasteiger partial charge in [0.05, 0.1) is 19.3 Å². The van der Waals surface area contributed by atoms with E-state index in [9.17, 15) is 0 Å². The minimum atomic E-state index is -1.62. The maximum absolute atomic E-state index is 2.77. The first-order valence-electron chi connectivity index (χ1n) is 10.2. The van der Waals surface area contributed by atoms with E-state index in [0.29, 0.717) is 16.2 Å². The Hall–Kier alpha value is -1.54. The highest BCUT2D eigenvalue weighted by molar-refractivity contribution is 6.85. The van der Waals surface area contributed by atoms with Crippen molar-refractivity contribution < 1.29 is 0 Å². The van der Waals surface area contributed by atoms with Gasteiger partial charge in [-0.3, -0.25) is 0 Å². The minimum Gasteiger partial charge on any atom is -0.357 e. The van der Waals surface area contributed by atoms with Crippen molar-refractivity contribution >= 4 is 13.8 Å². The van der Waals surface area contributed by atoms with Gasteiger partial charge < -0.3 is 4.90 Å². The van der Waals surface area contributed by atoms with Gasteiger partial charge in [0.1, 0.15) is 0 Å². The lowest BCUT2D eigenvalue weighted by Gasteiger charge is -2.44. The lowest BCUT2D eigenvalue weighted by Crippen LogP contribution is -2.54. The first-order valence-corrected chi connectivity index (χ1v) is 13.2. The SMILES string of the molecule is CCCC[C@]1([Si](C)(C)C(C)(C)C)[C@@H](c2ccccc2)N1c1ccccc1. The first-order chi connectivity index (χ1) is 12.3. The Morgan fingerprint density at radius 2 is 1.46 bits per heavy atom. The van der Waals surface area contributed by atoms with Crippen LogP contribution in [0.25, 0.3) is 0 Å². The summed E-state index contributed by atoms with van der Waals surface area (Å²) < 4.78 is 0. The number of anilines is 1. The maximum Gasteiger partial charge on any atom is 0.0858 e. The van der Waals surface area contributed by atoms with Gasteiger partial charge in [0.15, 0.2) is 0 Å². The Bertz CT molecular complexity index is 669. The first kappa shape index (κ1) is 19.2. The van der Waals surface area contributed by atoms with Crippen LogP contribution >= 0.6 is 0 Å². The summed E-state index contributed by atoms with van der Waals surface area (Å²) in [6.45, 7) is 15.0. The van der Waals surface area contributed by atoms with Crippen LogP contribution in [0.1, 0.15) is 58.6 Å². The van der Waals surface area contributed by atoms with Crippen LogP contribution in [0.15, 0.2) is 60.7 Å². The van der Waals surface area contributed by atoms with Crippen molar-refractivity contribution in [1.29, 1.82) is 0 Å². The molecule has 26 heavy (non-hydrogen) atoms. The fourth-order valence-corrected chi connectivity index (χ4v) is 8.54. The van der Waals surface area contributed by atoms with Gasteiger partial charge in [-0.2, -0.15) is 0 Å². The standard InChI is InChI=1S/C24H35NSi/c1-7-8-19-24(26(5,6)23(2,3)4)22(20-15-11-9-12-16-20)25(24)21-17-13-10-14-18-21/h9-18,22H,7-8,19H2,1-6H3/t22-,24+,25?/m1/s1. The highest BCUT2D eigenvalue weighted by Crippen LogP contribution is 2.66. The zero-order chi connectivity index (χ0) is 19.0. The number of benzene rings is 2. The molecule has 0 unspecified atom stereocenters. The normalized spacial score (nSPS) is 23.2. The molecule has 2 aromatic rings. The second-order valence-electron chi connectivity index (χ2n) is 9.42. The Morgan fingerprint density at radius 3 is 1.96 bits per heavy atom. The van der Waals surface area contributed by atoms with Crippen molar-refractivity contribution in [3.05, 3.63) is 66.2 Å². The molecule has 3 rings (SSSR count). The fraction of sp³-hybridized carbons (Fsp3) is 0.500. The molecular weight excluding hydrogens is 330 g/mol. The third kappa shape index (κ3) is 2.92. The average Bonchev–Trinajstić information content (AvgIpc) is 3.31. The molecule has 2 heteroatoms. The van der Waals surface area contributed by atoms with Gasteiger partial charge in [-0.15, -0.1) is 0 Å². The van der Waals surface area contributed by atoms with E-state index < -0.39 is 8.07 Å². The zero-order valence-corrected chi connectivity index (χ0v) is 18.4. The maximum atomic E-state index is 2.77. The van der Waals surface area contributed by atoms with Gasteiger partial charge in [0.2, 0.25) is 0 Å². The smallest absolute Gasteiger partial charge is 0.0858 e. The highest BCUT2D eigenvalue weighted by atomic mass is 28.3. The molecule has 0 N–H and O–H groups in total. The van der Waals surface area contributed by atoms with Crippen LogP contribution in [-0.4, -0.2) is 13.2 Å². The average molecular weight is 366 g/mol. The van der Waals surface area contributed by atoms with E-state index in [1.807, 2.05) is 0 Å². The lowest BCUT2D eigenvalue weighted by atomic mass is 10.1. The largest absolute Gasteiger partial charge is 0.357 e. The summed E-state index contributed by atoms with van der Waals surface area (Å²) in [5, 5.41) is 0.654. The minimum absolute atomic E-state index is 0.296. The predicted molar refractivity (Wildman–Crippen MR) is 118 cm³/mol. The number of hydrogen-bond acceptors (Lipinski definition) is 1. The molecule has 0 bridgehead atoms. The van der Waals surface area contributed by atoms with Crippen molar-refractivity contribution in [3.8, 4) is 0 Å². The molecule has 140 valence electrons. The predicted octanol–water partition coefficient (Wildman–Crippen LogP) is 7.22. The Kier molecular flexibility index (Phi) is 5.09. The van der Waals surface area contributed by atoms with Gasteiger partial charge in [-0.25, -0.2) is 0 Å². The second kappa shape index (κ2) is 6.88. The topological polar surface area (TPSA) is 3.01 Å². The third-order valence-corrected chi connectivity index (χ3v) is 13.8. The summed E-state index contributed by atoms with van der Waals surface area (Å²) in [7, 11) is -1.62. The van der Waals surface area contributed by atoms with Crippen molar-refractivity contribution in [3.63, 3.8) is 0 Å². The van der Waals surface area contributed by atoms with Crippen LogP contribution in [-0.2, 0) is 0 Å². The number of rotatable bonds is 6. The summed E-state index contributed by atoms with van der Waals surface area (Å²) in [4.78, 5) is 2.77. The molecule has 1 saturated heterocycles. The van der Waals surface area contributed by atoms with Gasteiger partial charge in [0.25, 0.3) is 0 Å². The molecule has 0 saturated carbocycles. The number of nitrogens with zero attached hydrogens (tertiary/aromatic N) is 1. The summed E-state index contributed by atoms with van der Waals surface area (Å²) >= 11 is 0. The van der Waals surface area contributed by atoms with E-state index in [1.54, 1.807) is 0 Å². The van der Waals surface area contributed by atoms with Crippen molar-refractivity contribution in [2.45, 2.75) is 76.3 Å². The quantitative estimate of drug-likeness (QED) is 0.385. The number of unbranched alkanes of at least 4 members (excludes halogenated alkanes) is 1. The van der Waals surface area contributed by atoms with Gasteiger partial charge in [-0.05, 0) is 29.2 Å². The summed E-state index contributed by atoms with van der Waals surface area (Å²) in [5.74, 6) is 0. The molecule has 1 fully saturated rings. The molecule has 1 aliphatic heterocycles. The van der Waals surface area contributed by atoms with Crippen LogP contribution in [0, 0.1) is 0 Å². The van der Waals surface area contributed by atoms with Crippen molar-refractivity contribution in [1.82, 2.24) is 0 Å². The van der Waals surface area contributed by atoms with Crippen LogP contribution in [0.3, 0.4) is 0 Å². The number of para-hydroxylation sites is 1. The van der Waals surface area contributed by atoms with E-state index >= 15 is 0 Å². The molecule has 0 spiro atoms. The molecule has 1 nitrogen and oxygen atoms in total. The fourth-order valence-electron chi connectivity index (χ4n) is 4.67. The highest BCUT2D eigenvalue weighted by Gasteiger charge is 2.72. The van der Waals surface area contributed by atoms with Crippen LogP contribution < -0.4 is 4.90 Å². The monoisotopic (exact) mass is 365 g/mol. The van der Waals surface area contributed by atoms with E-state index in [0.717, 1.165) is 0 Å². The van der Waals surface area contributed by atoms with Crippen molar-refractivity contribution in [2.75, 3.05) is 4.90 Å². The molecular formula is C24H35NSi. The van der Waals surface area contributed by atoms with Crippen LogP contribution in [0.4, 0.5) is 5.69 Å². The zero-order valence-electron chi connectivity index (χ0n) is 17.4. The van der Waals surface area contributed by atoms with Gasteiger partial charge in [0, 0.05) is 5.69 Å². The summed E-state index contributed by atoms with van der Waals surface area (Å²) in [5.41, 5.74) is 2.87. The van der Waals surface area contributed by atoms with Gasteiger partial charge >= 0.3 is 0 Å². The third-order valence-electron chi connectivity index (χ3n) is 7.09. The second-order valence-corrected chi connectivity index (χ2v) is 15.0. The van der Waals surface area contributed by atoms with E-state index in [-0.39, 0.29) is 0 Å². The molecule has 0 aliphatic carbocycles. The lowest BCUT2D eigenvalue weighted by molar-refractivity contribution is 0.600. The molecule has 0 radical (unpaired) electrons. The Morgan fingerprint density at radius 1 is 0.923 bits per heavy atom. The van der Waals surface area contributed by atoms with E-state index in [2.05, 4.69) is 106 Å². The molecule has 2 aromatic carbocycles. The Balaban J connectivity index is 2.15. The van der Waals surface area contributed by atoms with E-state index in [4.69, 9.17) is 0 Å². The van der Waals surface area contributed by atoms with E-state index in [1.165, 1.54) is 30.5 Å². The molecule has 0 amide bonds.